The van der Waals surface area contributed by atoms with E-state index in [9.17, 15) is 70.2 Å². The summed E-state index contributed by atoms with van der Waals surface area (Å²) in [5.74, 6) is 1.50. The van der Waals surface area contributed by atoms with Crippen molar-refractivity contribution in [1.82, 2.24) is 77.3 Å². The highest BCUT2D eigenvalue weighted by molar-refractivity contribution is 7.91. The number of alkyl halides is 11. The van der Waals surface area contributed by atoms with Gasteiger partial charge in [0, 0.05) is 263 Å². The predicted molar refractivity (Wildman–Crippen MR) is 548 cm³/mol. The van der Waals surface area contributed by atoms with Crippen molar-refractivity contribution in [2.24, 2.45) is 0 Å². The molecule has 4 N–H and O–H groups in total. The second-order valence-corrected chi connectivity index (χ2v) is 47.9. The van der Waals surface area contributed by atoms with Crippen molar-refractivity contribution in [2.75, 3.05) is 120 Å². The number of hydrogen-bond donors (Lipinski definition) is 4. The van der Waals surface area contributed by atoms with Gasteiger partial charge in [0.1, 0.15) is 65.0 Å². The highest BCUT2D eigenvalue weighted by atomic mass is 32.2. The molecule has 0 unspecified atom stereocenters. The summed E-state index contributed by atoms with van der Waals surface area (Å²) in [5, 5.41) is 27.1. The van der Waals surface area contributed by atoms with Crippen LogP contribution in [0.4, 0.5) is 65.7 Å². The Bertz CT molecular complexity index is 6500. The number of nitrogens with one attached hydrogen (secondary N) is 3. The van der Waals surface area contributed by atoms with E-state index in [2.05, 4.69) is 193 Å². The van der Waals surface area contributed by atoms with Gasteiger partial charge in [-0.1, -0.05) is 32.9 Å². The molecule has 18 rings (SSSR count). The van der Waals surface area contributed by atoms with Gasteiger partial charge in [-0.05, 0) is 197 Å². The Balaban J connectivity index is 0.000000153. The number of aromatic nitrogens is 9. The number of hydrogen-bond acceptors (Lipinski definition) is 23. The maximum atomic E-state index is 13.7. The lowest BCUT2D eigenvalue weighted by Crippen LogP contribution is -2.51. The fourth-order valence-corrected chi connectivity index (χ4v) is 26.5. The summed E-state index contributed by atoms with van der Waals surface area (Å²) in [5.41, 5.74) is 13.0. The molecule has 3 aromatic carbocycles. The van der Waals surface area contributed by atoms with Crippen LogP contribution in [0.3, 0.4) is 0 Å². The van der Waals surface area contributed by atoms with Crippen LogP contribution in [-0.2, 0) is 97.7 Å². The molecule has 0 amide bonds. The zero-order chi connectivity index (χ0) is 102. The van der Waals surface area contributed by atoms with Gasteiger partial charge in [0.25, 0.3) is 5.92 Å². The molecule has 24 nitrogen and oxygen atoms in total. The second kappa shape index (κ2) is 43.9. The molecule has 3 atom stereocenters. The van der Waals surface area contributed by atoms with Gasteiger partial charge in [0.05, 0.1) is 52.4 Å². The Kier molecular flexibility index (Phi) is 32.8. The number of phenols is 1. The molecular weight excluding hydrogens is 1940 g/mol. The number of fused-ring (bicyclic) bond motifs is 6. The van der Waals surface area contributed by atoms with Crippen molar-refractivity contribution in [2.45, 2.75) is 284 Å². The summed E-state index contributed by atoms with van der Waals surface area (Å²) >= 11 is 3.28. The van der Waals surface area contributed by atoms with Gasteiger partial charge >= 0.3 is 18.5 Å². The fourth-order valence-electron chi connectivity index (χ4n) is 21.4. The Hall–Kier alpha value is -8.55. The molecule has 0 radical (unpaired) electrons. The molecule has 9 aromatic heterocycles. The maximum absolute atomic E-state index is 13.7. The number of benzene rings is 3. The number of sulfone groups is 1. The molecule has 0 spiro atoms. The number of piperidine rings is 5. The van der Waals surface area contributed by atoms with Gasteiger partial charge in [-0.25, -0.2) is 55.5 Å². The van der Waals surface area contributed by atoms with E-state index >= 15 is 0 Å². The van der Waals surface area contributed by atoms with E-state index in [1.807, 2.05) is 26.8 Å². The van der Waals surface area contributed by atoms with Gasteiger partial charge in [-0.3, -0.25) is 29.4 Å². The van der Waals surface area contributed by atoms with E-state index in [0.717, 1.165) is 180 Å². The summed E-state index contributed by atoms with van der Waals surface area (Å²) in [7, 11) is -6.16. The Morgan fingerprint density at radius 2 is 0.754 bits per heavy atom. The van der Waals surface area contributed by atoms with Crippen LogP contribution in [0, 0.1) is 34.6 Å². The molecule has 6 aliphatic heterocycles. The molecule has 15 heterocycles. The molecule has 6 aliphatic rings. The highest BCUT2D eigenvalue weighted by Crippen LogP contribution is 2.42. The first kappa shape index (κ1) is 106. The minimum Gasteiger partial charge on any atom is -0.508 e. The van der Waals surface area contributed by atoms with Crippen LogP contribution in [0.15, 0.2) is 72.8 Å². The van der Waals surface area contributed by atoms with Crippen LogP contribution in [-0.4, -0.2) is 269 Å². The van der Waals surface area contributed by atoms with Crippen molar-refractivity contribution in [1.29, 1.82) is 0 Å². The molecule has 0 bridgehead atoms. The summed E-state index contributed by atoms with van der Waals surface area (Å²) in [4.78, 5) is 44.2. The minimum absolute atomic E-state index is 0.0659. The summed E-state index contributed by atoms with van der Waals surface area (Å²) in [6.07, 6.45) is -4.62. The maximum Gasteiger partial charge on any atom is 0.393 e. The Morgan fingerprint density at radius 1 is 0.415 bits per heavy atom. The third kappa shape index (κ3) is 26.2. The summed E-state index contributed by atoms with van der Waals surface area (Å²) in [6, 6.07) is 25.5. The van der Waals surface area contributed by atoms with Gasteiger partial charge in [-0.2, -0.15) is 43.8 Å². The van der Waals surface area contributed by atoms with Crippen LogP contribution >= 0.6 is 34.0 Å². The summed E-state index contributed by atoms with van der Waals surface area (Å²) in [6.45, 7) is 38.0. The number of likely N-dealkylation sites (tertiary alicyclic amines) is 5. The smallest absolute Gasteiger partial charge is 0.393 e. The Labute approximate surface area is 836 Å². The molecule has 774 valence electrons. The third-order valence-corrected chi connectivity index (χ3v) is 35.8. The van der Waals surface area contributed by atoms with E-state index in [4.69, 9.17) is 0 Å². The zero-order valence-electron chi connectivity index (χ0n) is 83.4. The normalized spacial score (nSPS) is 18.9. The number of rotatable bonds is 29. The monoisotopic (exact) mass is 2070 g/mol. The first-order valence-electron chi connectivity index (χ1n) is 49.9. The minimum atomic E-state index is -4.27. The van der Waals surface area contributed by atoms with Crippen molar-refractivity contribution in [3.05, 3.63) is 150 Å². The molecule has 6 fully saturated rings. The van der Waals surface area contributed by atoms with E-state index in [1.165, 1.54) is 72.3 Å². The summed E-state index contributed by atoms with van der Waals surface area (Å²) < 4.78 is 201. The number of thiophene rings is 3. The average Bonchev–Trinajstić information content (AvgIpc) is 1.58. The quantitative estimate of drug-likeness (QED) is 0.0319. The molecule has 0 saturated carbocycles. The van der Waals surface area contributed by atoms with Crippen LogP contribution in [0.25, 0.3) is 63.4 Å². The van der Waals surface area contributed by atoms with Crippen LogP contribution in [0.5, 0.6) is 5.75 Å². The molecule has 40 heteroatoms. The number of anilines is 3. The predicted octanol–water partition coefficient (Wildman–Crippen LogP) is 20.4. The van der Waals surface area contributed by atoms with E-state index < -0.39 is 63.6 Å². The van der Waals surface area contributed by atoms with Gasteiger partial charge in [-0.15, -0.1) is 34.0 Å². The topological polar surface area (TPSA) is 239 Å². The third-order valence-electron chi connectivity index (χ3n) is 29.7. The van der Waals surface area contributed by atoms with Crippen molar-refractivity contribution in [3.63, 3.8) is 0 Å². The highest BCUT2D eigenvalue weighted by Gasteiger charge is 2.39. The standard InChI is InChI=1S/C35H47F3N6O2S2.C34H43F5N6S.C33H44F3N7O3S2/c1-6-32-40-33(30-18-27(19-35(36,37)38)47-34(30)41-32)39-26-9-13-42(14-10-26)21-25-7-8-31-29(24(25)4)17-22(2)44(31)20-23(3)43-15-11-28(12-16-43)48(5,45)46;1-5-30-41-31(28-17-26(18-34(37,38)39)46-32(28)42-30)40-25-8-12-43(13-9-25)20-24-6-7-29-27(23(24)4)16-21(2)45(29)19-22(3)44-14-10-33(35,36)11-15-44;1-5-30-38-31(27-16-26(18-33(34,35)36)47-32(27)39-30)37-25-6-8-40(9-7-25)20-24-15-23-14-21(2)43(28(23)17-29(24)44)19-22(3)41-10-12-42(13-11-41)48(4,45)46/h7-8,17-18,23,26,28H,6,9-16,19-21H2,1-5H3,(H,39,40,41);6-7,16-17,22,25H,5,8-15,18-20H2,1-4H3,(H,40,41,42);14-17,22,25,44H,5-13,18-20H2,1-4H3,(H,37,38,39)/t23-;2*22-/m000/s1. The van der Waals surface area contributed by atoms with Gasteiger partial charge in [0.2, 0.25) is 10.0 Å². The molecular formula is C102H134F11N19O5S5. The number of phenolic OH excluding ortho intramolecular Hbond substituents is 1. The lowest BCUT2D eigenvalue weighted by molar-refractivity contribution is -0.127. The van der Waals surface area contributed by atoms with Crippen LogP contribution < -0.4 is 16.0 Å². The van der Waals surface area contributed by atoms with Crippen molar-refractivity contribution < 1.29 is 70.2 Å². The number of sulfonamides is 1. The Morgan fingerprint density at radius 3 is 1.10 bits per heavy atom. The molecule has 0 aliphatic carbocycles. The first-order chi connectivity index (χ1) is 67.1. The lowest BCUT2D eigenvalue weighted by atomic mass is 10.0. The van der Waals surface area contributed by atoms with Crippen molar-refractivity contribution in [3.8, 4) is 5.75 Å². The number of aryl methyl sites for hydroxylation is 8. The zero-order valence-corrected chi connectivity index (χ0v) is 87.4. The second-order valence-electron chi connectivity index (χ2n) is 40.3. The fraction of sp³-hybridized carbons (Fsp3) is 0.588. The van der Waals surface area contributed by atoms with Gasteiger partial charge in [0.15, 0.2) is 0 Å². The average molecular weight is 2080 g/mol. The van der Waals surface area contributed by atoms with Crippen LogP contribution in [0.2, 0.25) is 0 Å². The number of halogens is 11. The van der Waals surface area contributed by atoms with Crippen molar-refractivity contribution >= 4 is 135 Å². The lowest BCUT2D eigenvalue weighted by Gasteiger charge is -2.37. The van der Waals surface area contributed by atoms with E-state index in [1.54, 1.807) is 18.2 Å². The SMILES string of the molecule is CCc1nc(NC2CCN(Cc3cc4cc(C)n(C[C@H](C)N5CCN(S(C)(=O)=O)CC5)c4cc3O)CC2)c2cc(CC(F)(F)F)sc2n1.CCc1nc(NC2CCN(Cc3ccc4c(cc(C)n4C[C@H](C)N4CCC(F)(F)CC4)c3C)CC2)c2cc(CC(F)(F)F)sc2n1.CCc1nc(NC2CCN(Cc3ccc4c(cc(C)n4C[C@H](C)N4CCC(S(C)(=O)=O)CC4)c3C)CC2)c2cc(CC(F)(F)F)sc2n1. The number of piperazine rings is 1. The number of aromatic hydroxyl groups is 1. The first-order valence-corrected chi connectivity index (χ1v) is 56.2. The van der Waals surface area contributed by atoms with Crippen LogP contribution in [0.1, 0.15) is 183 Å². The largest absolute Gasteiger partial charge is 0.508 e. The number of nitrogens with zero attached hydrogens (tertiary/aromatic N) is 16. The van der Waals surface area contributed by atoms with E-state index in [0.29, 0.717) is 150 Å². The molecule has 6 saturated heterocycles. The van der Waals surface area contributed by atoms with Gasteiger partial charge < -0.3 is 34.8 Å². The molecule has 142 heavy (non-hydrogen) atoms. The van der Waals surface area contributed by atoms with E-state index in [-0.39, 0.29) is 68.7 Å². The molecule has 12 aromatic rings.